The molecule has 0 aliphatic heterocycles. The number of nitrogens with zero attached hydrogens (tertiary/aromatic N) is 5. The zero-order chi connectivity index (χ0) is 23.4. The van der Waals surface area contributed by atoms with Crippen molar-refractivity contribution in [1.29, 1.82) is 0 Å². The summed E-state index contributed by atoms with van der Waals surface area (Å²) < 4.78 is 49.7. The lowest BCUT2D eigenvalue weighted by molar-refractivity contribution is 0.204. The number of halogens is 2. The first-order chi connectivity index (χ1) is 15.8. The van der Waals surface area contributed by atoms with Crippen LogP contribution in [-0.4, -0.2) is 47.8 Å². The molecule has 0 fully saturated rings. The van der Waals surface area contributed by atoms with Gasteiger partial charge in [-0.1, -0.05) is 23.4 Å². The lowest BCUT2D eigenvalue weighted by atomic mass is 10.2. The van der Waals surface area contributed by atoms with Gasteiger partial charge in [0.25, 0.3) is 0 Å². The Bertz CT molecular complexity index is 1290. The number of phosphoric ester groups is 1. The zero-order valence-electron chi connectivity index (χ0n) is 16.8. The van der Waals surface area contributed by atoms with Gasteiger partial charge in [0.1, 0.15) is 23.5 Å². The van der Waals surface area contributed by atoms with Gasteiger partial charge in [-0.3, -0.25) is 9.21 Å². The summed E-state index contributed by atoms with van der Waals surface area (Å²) in [6, 6.07) is 9.46. The van der Waals surface area contributed by atoms with E-state index >= 15 is 0 Å². The second-order valence-electron chi connectivity index (χ2n) is 6.69. The molecule has 0 aliphatic carbocycles. The zero-order valence-corrected chi connectivity index (χ0v) is 17.7. The lowest BCUT2D eigenvalue weighted by Gasteiger charge is -2.08. The fourth-order valence-electron chi connectivity index (χ4n) is 2.93. The van der Waals surface area contributed by atoms with Gasteiger partial charge in [0.15, 0.2) is 17.5 Å². The fraction of sp³-hybridized carbons (Fsp3) is 0.158. The van der Waals surface area contributed by atoms with Gasteiger partial charge in [0.05, 0.1) is 25.0 Å². The molecule has 0 radical (unpaired) electrons. The number of hydrogen-bond donors (Lipinski definition) is 3. The van der Waals surface area contributed by atoms with Crippen LogP contribution in [0, 0.1) is 11.6 Å². The molecule has 0 saturated heterocycles. The molecule has 4 rings (SSSR count). The van der Waals surface area contributed by atoms with Crippen molar-refractivity contribution >= 4 is 13.6 Å². The first-order valence-corrected chi connectivity index (χ1v) is 11.0. The van der Waals surface area contributed by atoms with Gasteiger partial charge >= 0.3 is 7.82 Å². The molecule has 3 N–H and O–H groups in total. The number of phosphoric acid groups is 1. The van der Waals surface area contributed by atoms with Gasteiger partial charge in [-0.05, 0) is 12.1 Å². The summed E-state index contributed by atoms with van der Waals surface area (Å²) in [6.07, 6.45) is 2.31. The van der Waals surface area contributed by atoms with Crippen LogP contribution < -0.4 is 5.32 Å². The molecule has 11 nitrogen and oxygen atoms in total. The number of nitrogens with one attached hydrogen (secondary N) is 1. The minimum Gasteiger partial charge on any atom is -0.365 e. The Morgan fingerprint density at radius 2 is 1.97 bits per heavy atom. The molecule has 0 saturated carbocycles. The number of rotatable bonds is 9. The van der Waals surface area contributed by atoms with E-state index in [1.807, 2.05) is 0 Å². The van der Waals surface area contributed by atoms with E-state index < -0.39 is 19.5 Å². The molecular formula is C19H17F2N6O5P. The molecule has 3 aromatic heterocycles. The van der Waals surface area contributed by atoms with E-state index in [4.69, 9.17) is 14.3 Å². The van der Waals surface area contributed by atoms with Crippen molar-refractivity contribution in [3.05, 3.63) is 66.1 Å². The highest BCUT2D eigenvalue weighted by atomic mass is 31.2. The largest absolute Gasteiger partial charge is 0.469 e. The minimum atomic E-state index is -4.64. The third-order valence-corrected chi connectivity index (χ3v) is 4.90. The van der Waals surface area contributed by atoms with Gasteiger partial charge in [0.2, 0.25) is 0 Å². The summed E-state index contributed by atoms with van der Waals surface area (Å²) >= 11 is 0. The summed E-state index contributed by atoms with van der Waals surface area (Å²) in [4.78, 5) is 25.5. The summed E-state index contributed by atoms with van der Waals surface area (Å²) in [5.41, 5.74) is 1.60. The van der Waals surface area contributed by atoms with Crippen molar-refractivity contribution in [3.63, 3.8) is 0 Å². The van der Waals surface area contributed by atoms with Gasteiger partial charge < -0.3 is 19.6 Å². The number of hydrogen-bond acceptors (Lipinski definition) is 8. The van der Waals surface area contributed by atoms with Crippen LogP contribution in [0.25, 0.3) is 22.9 Å². The second-order valence-corrected chi connectivity index (χ2v) is 7.93. The third kappa shape index (κ3) is 5.65. The highest BCUT2D eigenvalue weighted by Gasteiger charge is 2.18. The van der Waals surface area contributed by atoms with Crippen molar-refractivity contribution < 1.29 is 32.2 Å². The Labute approximate surface area is 185 Å². The smallest absolute Gasteiger partial charge is 0.365 e. The van der Waals surface area contributed by atoms with Crippen LogP contribution in [0.3, 0.4) is 0 Å². The van der Waals surface area contributed by atoms with Crippen molar-refractivity contribution in [3.8, 4) is 22.9 Å². The molecule has 14 heteroatoms. The van der Waals surface area contributed by atoms with Crippen LogP contribution in [-0.2, 0) is 15.6 Å². The van der Waals surface area contributed by atoms with E-state index in [2.05, 4.69) is 30.1 Å². The van der Waals surface area contributed by atoms with E-state index in [0.29, 0.717) is 17.0 Å². The molecule has 0 aliphatic rings. The van der Waals surface area contributed by atoms with Gasteiger partial charge in [-0.15, -0.1) is 0 Å². The molecule has 0 spiro atoms. The maximum Gasteiger partial charge on any atom is 0.469 e. The van der Waals surface area contributed by atoms with Crippen LogP contribution >= 0.6 is 7.82 Å². The average Bonchev–Trinajstić information content (AvgIpc) is 3.43. The molecule has 0 atom stereocenters. The molecule has 33 heavy (non-hydrogen) atoms. The quantitative estimate of drug-likeness (QED) is 0.242. The van der Waals surface area contributed by atoms with E-state index in [1.54, 1.807) is 30.3 Å². The molecule has 4 aromatic rings. The average molecular weight is 478 g/mol. The standard InChI is InChI=1S/C19H17F2N6O5P/c20-13-4-2-1-3-12(13)11-27-17(15-5-7-31-26-15)9-16(25-27)19-23-10-14(21)18(24-19)22-6-8-32-33(28,29)30/h1-5,7,9-10H,6,8,11H2,(H,22,23,24)(H2,28,29,30). The van der Waals surface area contributed by atoms with Crippen LogP contribution in [0.1, 0.15) is 5.56 Å². The first kappa shape index (κ1) is 22.7. The van der Waals surface area contributed by atoms with Crippen LogP contribution in [0.2, 0.25) is 0 Å². The van der Waals surface area contributed by atoms with Crippen molar-refractivity contribution in [2.75, 3.05) is 18.5 Å². The van der Waals surface area contributed by atoms with E-state index in [0.717, 1.165) is 6.20 Å². The Morgan fingerprint density at radius 1 is 1.15 bits per heavy atom. The Morgan fingerprint density at radius 3 is 2.70 bits per heavy atom. The number of benzene rings is 1. The highest BCUT2D eigenvalue weighted by molar-refractivity contribution is 7.46. The van der Waals surface area contributed by atoms with Crippen LogP contribution in [0.5, 0.6) is 0 Å². The van der Waals surface area contributed by atoms with Gasteiger partial charge in [-0.2, -0.15) is 5.10 Å². The third-order valence-electron chi connectivity index (χ3n) is 4.39. The van der Waals surface area contributed by atoms with Gasteiger partial charge in [0, 0.05) is 18.2 Å². The molecular weight excluding hydrogens is 461 g/mol. The van der Waals surface area contributed by atoms with Crippen LogP contribution in [0.15, 0.2) is 53.4 Å². The van der Waals surface area contributed by atoms with Crippen molar-refractivity contribution in [1.82, 2.24) is 24.9 Å². The topological polar surface area (TPSA) is 148 Å². The Hall–Kier alpha value is -3.51. The van der Waals surface area contributed by atoms with E-state index in [9.17, 15) is 13.3 Å². The van der Waals surface area contributed by atoms with E-state index in [-0.39, 0.29) is 37.0 Å². The molecule has 0 unspecified atom stereocenters. The Balaban J connectivity index is 1.62. The maximum atomic E-state index is 14.2. The summed E-state index contributed by atoms with van der Waals surface area (Å²) in [5.74, 6) is -1.33. The fourth-order valence-corrected chi connectivity index (χ4v) is 3.26. The van der Waals surface area contributed by atoms with Gasteiger partial charge in [-0.25, -0.2) is 23.3 Å². The molecule has 3 heterocycles. The number of anilines is 1. The first-order valence-electron chi connectivity index (χ1n) is 9.49. The SMILES string of the molecule is O=P(O)(O)OCCNc1nc(-c2cc(-c3ccon3)n(Cc3ccccc3F)n2)ncc1F. The maximum absolute atomic E-state index is 14.2. The molecule has 172 valence electrons. The molecule has 1 aromatic carbocycles. The highest BCUT2D eigenvalue weighted by Crippen LogP contribution is 2.35. The van der Waals surface area contributed by atoms with Crippen molar-refractivity contribution in [2.24, 2.45) is 0 Å². The monoisotopic (exact) mass is 478 g/mol. The predicted octanol–water partition coefficient (Wildman–Crippen LogP) is 2.84. The Kier molecular flexibility index (Phi) is 6.56. The van der Waals surface area contributed by atoms with Crippen LogP contribution in [0.4, 0.5) is 14.6 Å². The number of aromatic nitrogens is 5. The summed E-state index contributed by atoms with van der Waals surface area (Å²) in [7, 11) is -4.64. The molecule has 0 amide bonds. The van der Waals surface area contributed by atoms with Crippen molar-refractivity contribution in [2.45, 2.75) is 6.54 Å². The molecule has 0 bridgehead atoms. The summed E-state index contributed by atoms with van der Waals surface area (Å²) in [5, 5.41) is 10.9. The van der Waals surface area contributed by atoms with E-state index in [1.165, 1.54) is 17.0 Å². The summed E-state index contributed by atoms with van der Waals surface area (Å²) in [6.45, 7) is -0.415. The second kappa shape index (κ2) is 9.55. The lowest BCUT2D eigenvalue weighted by Crippen LogP contribution is -2.12. The minimum absolute atomic E-state index is 0.0619. The predicted molar refractivity (Wildman–Crippen MR) is 111 cm³/mol. The normalized spacial score (nSPS) is 11.6.